The van der Waals surface area contributed by atoms with E-state index in [1.54, 1.807) is 0 Å². The molecule has 0 unspecified atom stereocenters. The van der Waals surface area contributed by atoms with Crippen LogP contribution in [0.4, 0.5) is 0 Å². The molecule has 1 aromatic carbocycles. The Bertz CT molecular complexity index is 694. The van der Waals surface area contributed by atoms with Crippen LogP contribution in [0, 0.1) is 5.92 Å². The molecule has 2 aromatic rings. The van der Waals surface area contributed by atoms with Crippen molar-refractivity contribution in [3.63, 3.8) is 0 Å². The average molecular weight is 354 g/mol. The fraction of sp³-hybridized carbons (Fsp3) is 0.500. The minimum absolute atomic E-state index is 0.133. The molecule has 1 saturated heterocycles. The van der Waals surface area contributed by atoms with Gasteiger partial charge in [-0.25, -0.2) is 0 Å². The highest BCUT2D eigenvalue weighted by atomic mass is 16.2. The van der Waals surface area contributed by atoms with E-state index in [1.165, 1.54) is 24.9 Å². The van der Waals surface area contributed by atoms with Gasteiger partial charge in [-0.05, 0) is 62.9 Å². The van der Waals surface area contributed by atoms with Crippen LogP contribution < -0.4 is 0 Å². The molecule has 0 spiro atoms. The summed E-state index contributed by atoms with van der Waals surface area (Å²) in [6.07, 6.45) is 4.26. The van der Waals surface area contributed by atoms with Gasteiger partial charge in [0.2, 0.25) is 0 Å². The molecular formula is C22H31N3O. The van der Waals surface area contributed by atoms with E-state index in [1.807, 2.05) is 18.2 Å². The van der Waals surface area contributed by atoms with Crippen molar-refractivity contribution in [3.05, 3.63) is 59.4 Å². The summed E-state index contributed by atoms with van der Waals surface area (Å²) in [5.74, 6) is 0.697. The smallest absolute Gasteiger partial charge is 0.270 e. The van der Waals surface area contributed by atoms with Gasteiger partial charge in [0.15, 0.2) is 0 Å². The van der Waals surface area contributed by atoms with Crippen LogP contribution in [-0.4, -0.2) is 53.9 Å². The summed E-state index contributed by atoms with van der Waals surface area (Å²) in [6.45, 7) is 5.97. The number of rotatable bonds is 7. The van der Waals surface area contributed by atoms with Crippen LogP contribution in [-0.2, 0) is 12.8 Å². The first-order chi connectivity index (χ1) is 12.7. The Kier molecular flexibility index (Phi) is 6.51. The zero-order valence-corrected chi connectivity index (χ0v) is 16.1. The molecule has 1 atom stereocenters. The lowest BCUT2D eigenvalue weighted by Gasteiger charge is -2.33. The van der Waals surface area contributed by atoms with Gasteiger partial charge in [-0.3, -0.25) is 4.79 Å². The second-order valence-electron chi connectivity index (χ2n) is 7.51. The summed E-state index contributed by atoms with van der Waals surface area (Å²) < 4.78 is 0. The lowest BCUT2D eigenvalue weighted by Crippen LogP contribution is -2.42. The predicted octanol–water partition coefficient (Wildman–Crippen LogP) is 3.60. The van der Waals surface area contributed by atoms with Gasteiger partial charge < -0.3 is 14.8 Å². The van der Waals surface area contributed by atoms with Gasteiger partial charge >= 0.3 is 0 Å². The maximum absolute atomic E-state index is 13.1. The van der Waals surface area contributed by atoms with E-state index >= 15 is 0 Å². The van der Waals surface area contributed by atoms with Crippen molar-refractivity contribution in [1.29, 1.82) is 0 Å². The largest absolute Gasteiger partial charge is 0.354 e. The minimum atomic E-state index is 0.133. The fourth-order valence-corrected chi connectivity index (χ4v) is 3.86. The van der Waals surface area contributed by atoms with Crippen LogP contribution >= 0.6 is 0 Å². The van der Waals surface area contributed by atoms with Crippen LogP contribution in [0.2, 0.25) is 0 Å². The molecule has 3 rings (SSSR count). The molecule has 0 bridgehead atoms. The molecule has 1 N–H and O–H groups in total. The number of aromatic amines is 1. The Morgan fingerprint density at radius 3 is 2.73 bits per heavy atom. The molecule has 2 heterocycles. The first-order valence-corrected chi connectivity index (χ1v) is 9.85. The summed E-state index contributed by atoms with van der Waals surface area (Å²) >= 11 is 0. The number of nitrogens with zero attached hydrogens (tertiary/aromatic N) is 2. The monoisotopic (exact) mass is 353 g/mol. The van der Waals surface area contributed by atoms with Gasteiger partial charge in [-0.2, -0.15) is 0 Å². The second kappa shape index (κ2) is 9.04. The van der Waals surface area contributed by atoms with Gasteiger partial charge in [-0.15, -0.1) is 0 Å². The fourth-order valence-electron chi connectivity index (χ4n) is 3.86. The molecule has 26 heavy (non-hydrogen) atoms. The Balaban J connectivity index is 1.70. The normalized spacial score (nSPS) is 18.0. The average Bonchev–Trinajstić information content (AvgIpc) is 3.15. The zero-order chi connectivity index (χ0) is 18.4. The van der Waals surface area contributed by atoms with Crippen LogP contribution in [0.3, 0.4) is 0 Å². The number of hydrogen-bond acceptors (Lipinski definition) is 2. The minimum Gasteiger partial charge on any atom is -0.354 e. The Labute approximate surface area is 157 Å². The Morgan fingerprint density at radius 2 is 2.04 bits per heavy atom. The number of amides is 1. The molecule has 1 aliphatic heterocycles. The number of nitrogens with one attached hydrogen (secondary N) is 1. The maximum atomic E-state index is 13.1. The molecule has 0 radical (unpaired) electrons. The standard InChI is InChI=1S/C22H31N3O/c1-3-20-11-12-21(23-20)22(26)25(15-13-18-8-5-4-6-9-18)17-19-10-7-14-24(2)16-19/h4-6,8-9,11-12,19,23H,3,7,10,13-17H2,1-2H3/t19-/m1/s1. The molecule has 0 aliphatic carbocycles. The van der Waals surface area contributed by atoms with E-state index in [0.29, 0.717) is 5.92 Å². The van der Waals surface area contributed by atoms with Gasteiger partial charge in [0.25, 0.3) is 5.91 Å². The second-order valence-corrected chi connectivity index (χ2v) is 7.51. The SMILES string of the molecule is CCc1ccc(C(=O)N(CCc2ccccc2)C[C@@H]2CCCN(C)C2)[nH]1. The molecule has 1 fully saturated rings. The molecule has 140 valence electrons. The van der Waals surface area contributed by atoms with Crippen molar-refractivity contribution in [2.24, 2.45) is 5.92 Å². The molecule has 1 amide bonds. The van der Waals surface area contributed by atoms with Gasteiger partial charge in [0, 0.05) is 25.3 Å². The zero-order valence-electron chi connectivity index (χ0n) is 16.1. The number of piperidine rings is 1. The number of hydrogen-bond donors (Lipinski definition) is 1. The van der Waals surface area contributed by atoms with Crippen molar-refractivity contribution in [3.8, 4) is 0 Å². The van der Waals surface area contributed by atoms with E-state index in [0.717, 1.165) is 43.9 Å². The highest BCUT2D eigenvalue weighted by Gasteiger charge is 2.24. The van der Waals surface area contributed by atoms with E-state index in [-0.39, 0.29) is 5.91 Å². The molecule has 1 aromatic heterocycles. The summed E-state index contributed by atoms with van der Waals surface area (Å²) in [5, 5.41) is 0. The molecule has 0 saturated carbocycles. The summed E-state index contributed by atoms with van der Waals surface area (Å²) in [4.78, 5) is 20.9. The van der Waals surface area contributed by atoms with Crippen molar-refractivity contribution in [1.82, 2.24) is 14.8 Å². The summed E-state index contributed by atoms with van der Waals surface area (Å²) in [6, 6.07) is 14.4. The number of aromatic nitrogens is 1. The van der Waals surface area contributed by atoms with Gasteiger partial charge in [0.05, 0.1) is 0 Å². The first kappa shape index (κ1) is 18.7. The maximum Gasteiger partial charge on any atom is 0.270 e. The van der Waals surface area contributed by atoms with E-state index in [4.69, 9.17) is 0 Å². The van der Waals surface area contributed by atoms with Gasteiger partial charge in [-0.1, -0.05) is 37.3 Å². The van der Waals surface area contributed by atoms with E-state index in [9.17, 15) is 4.79 Å². The van der Waals surface area contributed by atoms with Crippen LogP contribution in [0.1, 0.15) is 41.5 Å². The number of benzene rings is 1. The third kappa shape index (κ3) is 4.98. The highest BCUT2D eigenvalue weighted by molar-refractivity contribution is 5.92. The number of aryl methyl sites for hydroxylation is 1. The van der Waals surface area contributed by atoms with E-state index < -0.39 is 0 Å². The van der Waals surface area contributed by atoms with Crippen LogP contribution in [0.15, 0.2) is 42.5 Å². The van der Waals surface area contributed by atoms with Crippen molar-refractivity contribution < 1.29 is 4.79 Å². The quantitative estimate of drug-likeness (QED) is 0.826. The third-order valence-electron chi connectivity index (χ3n) is 5.36. The number of H-pyrrole nitrogens is 1. The highest BCUT2D eigenvalue weighted by Crippen LogP contribution is 2.18. The van der Waals surface area contributed by atoms with E-state index in [2.05, 4.69) is 53.0 Å². The summed E-state index contributed by atoms with van der Waals surface area (Å²) in [5.41, 5.74) is 3.12. The first-order valence-electron chi connectivity index (χ1n) is 9.85. The number of likely N-dealkylation sites (tertiary alicyclic amines) is 1. The molecule has 4 nitrogen and oxygen atoms in total. The predicted molar refractivity (Wildman–Crippen MR) is 106 cm³/mol. The molecular weight excluding hydrogens is 322 g/mol. The lowest BCUT2D eigenvalue weighted by molar-refractivity contribution is 0.0688. The number of carbonyl (C=O) groups is 1. The Morgan fingerprint density at radius 1 is 1.23 bits per heavy atom. The van der Waals surface area contributed by atoms with Crippen molar-refractivity contribution in [2.75, 3.05) is 33.2 Å². The summed E-state index contributed by atoms with van der Waals surface area (Å²) in [7, 11) is 2.18. The molecule has 1 aliphatic rings. The molecule has 4 heteroatoms. The van der Waals surface area contributed by atoms with Crippen LogP contribution in [0.5, 0.6) is 0 Å². The van der Waals surface area contributed by atoms with Gasteiger partial charge in [0.1, 0.15) is 5.69 Å². The van der Waals surface area contributed by atoms with Crippen molar-refractivity contribution in [2.45, 2.75) is 32.6 Å². The van der Waals surface area contributed by atoms with Crippen LogP contribution in [0.25, 0.3) is 0 Å². The Hall–Kier alpha value is -2.07. The third-order valence-corrected chi connectivity index (χ3v) is 5.36. The lowest BCUT2D eigenvalue weighted by atomic mass is 9.97. The topological polar surface area (TPSA) is 39.3 Å². The number of carbonyl (C=O) groups excluding carboxylic acids is 1. The van der Waals surface area contributed by atoms with Crippen molar-refractivity contribution >= 4 is 5.91 Å².